The van der Waals surface area contributed by atoms with E-state index in [0.717, 1.165) is 28.9 Å². The van der Waals surface area contributed by atoms with Crippen LogP contribution in [0, 0.1) is 0 Å². The minimum atomic E-state index is -0.440. The summed E-state index contributed by atoms with van der Waals surface area (Å²) < 4.78 is 0. The van der Waals surface area contributed by atoms with Gasteiger partial charge in [-0.2, -0.15) is 0 Å². The van der Waals surface area contributed by atoms with Gasteiger partial charge in [-0.25, -0.2) is 15.0 Å². The number of hydrogen-bond acceptors (Lipinski definition) is 7. The van der Waals surface area contributed by atoms with Crippen LogP contribution in [0.4, 0.5) is 5.82 Å². The molecule has 1 aliphatic rings. The Morgan fingerprint density at radius 1 is 1.25 bits per heavy atom. The zero-order valence-electron chi connectivity index (χ0n) is 13.5. The summed E-state index contributed by atoms with van der Waals surface area (Å²) in [4.78, 5) is 20.3. The lowest BCUT2D eigenvalue weighted by Crippen LogP contribution is -2.17. The fraction of sp³-hybridized carbons (Fsp3) is 0.412. The van der Waals surface area contributed by atoms with Crippen molar-refractivity contribution in [1.82, 2.24) is 19.9 Å². The van der Waals surface area contributed by atoms with E-state index >= 15 is 0 Å². The Bertz CT molecular complexity index is 862. The third-order valence-electron chi connectivity index (χ3n) is 4.17. The number of aromatic nitrogens is 4. The van der Waals surface area contributed by atoms with Crippen LogP contribution in [0.15, 0.2) is 18.6 Å². The fourth-order valence-corrected chi connectivity index (χ4v) is 4.32. The van der Waals surface area contributed by atoms with E-state index in [1.165, 1.54) is 23.3 Å². The summed E-state index contributed by atoms with van der Waals surface area (Å²) in [6.45, 7) is 2.22. The third kappa shape index (κ3) is 2.85. The second-order valence-corrected chi connectivity index (χ2v) is 7.19. The van der Waals surface area contributed by atoms with Crippen molar-refractivity contribution < 1.29 is 5.11 Å². The largest absolute Gasteiger partial charge is 0.392 e. The Morgan fingerprint density at radius 2 is 2.12 bits per heavy atom. The summed E-state index contributed by atoms with van der Waals surface area (Å²) in [5.74, 6) is 1.36. The third-order valence-corrected chi connectivity index (χ3v) is 5.36. The van der Waals surface area contributed by atoms with Gasteiger partial charge in [-0.15, -0.1) is 11.3 Å². The Labute approximate surface area is 144 Å². The molecule has 0 unspecified atom stereocenters. The zero-order valence-corrected chi connectivity index (χ0v) is 14.3. The summed E-state index contributed by atoms with van der Waals surface area (Å²) in [6.07, 6.45) is 9.15. The quantitative estimate of drug-likeness (QED) is 0.759. The van der Waals surface area contributed by atoms with E-state index in [9.17, 15) is 5.11 Å². The minimum absolute atomic E-state index is 0.440. The first-order valence-electron chi connectivity index (χ1n) is 8.23. The highest BCUT2D eigenvalue weighted by Gasteiger charge is 2.21. The zero-order chi connectivity index (χ0) is 16.5. The summed E-state index contributed by atoms with van der Waals surface area (Å²) in [6, 6.07) is 0. The van der Waals surface area contributed by atoms with Gasteiger partial charge in [0.05, 0.1) is 17.7 Å². The molecule has 0 aliphatic heterocycles. The maximum atomic E-state index is 9.64. The second-order valence-electron chi connectivity index (χ2n) is 6.11. The van der Waals surface area contributed by atoms with E-state index in [4.69, 9.17) is 9.97 Å². The molecule has 0 saturated carbocycles. The van der Waals surface area contributed by atoms with Crippen molar-refractivity contribution in [2.45, 2.75) is 38.7 Å². The lowest BCUT2D eigenvalue weighted by Gasteiger charge is -2.14. The predicted molar refractivity (Wildman–Crippen MR) is 95.3 cm³/mol. The molecule has 124 valence electrons. The Kier molecular flexibility index (Phi) is 4.12. The van der Waals surface area contributed by atoms with Gasteiger partial charge in [-0.1, -0.05) is 0 Å². The highest BCUT2D eigenvalue weighted by molar-refractivity contribution is 7.19. The van der Waals surface area contributed by atoms with Crippen molar-refractivity contribution in [1.29, 1.82) is 0 Å². The minimum Gasteiger partial charge on any atom is -0.392 e. The van der Waals surface area contributed by atoms with Crippen LogP contribution in [-0.2, 0) is 12.8 Å². The van der Waals surface area contributed by atoms with Gasteiger partial charge in [0.1, 0.15) is 16.3 Å². The molecule has 0 spiro atoms. The van der Waals surface area contributed by atoms with Gasteiger partial charge in [-0.05, 0) is 38.2 Å². The van der Waals surface area contributed by atoms with E-state index in [2.05, 4.69) is 15.3 Å². The number of aliphatic hydroxyl groups is 1. The smallest absolute Gasteiger partial charge is 0.183 e. The molecule has 2 N–H and O–H groups in total. The number of anilines is 1. The average molecular weight is 341 g/mol. The predicted octanol–water partition coefficient (Wildman–Crippen LogP) is 2.82. The molecule has 0 amide bonds. The first kappa shape index (κ1) is 15.4. The molecule has 24 heavy (non-hydrogen) atoms. The SMILES string of the molecule is C[C@@H](O)CNc1nc(-c2cnccn2)nc2sc3c(c12)CCCC3. The lowest BCUT2D eigenvalue weighted by molar-refractivity contribution is 0.208. The monoisotopic (exact) mass is 341 g/mol. The molecule has 3 heterocycles. The molecule has 0 fully saturated rings. The summed E-state index contributed by atoms with van der Waals surface area (Å²) in [7, 11) is 0. The van der Waals surface area contributed by atoms with Crippen LogP contribution in [0.25, 0.3) is 21.7 Å². The van der Waals surface area contributed by atoms with E-state index in [1.54, 1.807) is 36.9 Å². The van der Waals surface area contributed by atoms with Crippen LogP contribution in [0.1, 0.15) is 30.2 Å². The summed E-state index contributed by atoms with van der Waals surface area (Å²) in [5.41, 5.74) is 2.03. The van der Waals surface area contributed by atoms with Gasteiger partial charge in [0.2, 0.25) is 0 Å². The Balaban J connectivity index is 1.88. The van der Waals surface area contributed by atoms with Crippen molar-refractivity contribution in [2.75, 3.05) is 11.9 Å². The molecule has 1 aliphatic carbocycles. The van der Waals surface area contributed by atoms with E-state index < -0.39 is 6.10 Å². The highest BCUT2D eigenvalue weighted by Crippen LogP contribution is 2.39. The number of rotatable bonds is 4. The molecule has 0 bridgehead atoms. The molecule has 3 aromatic heterocycles. The van der Waals surface area contributed by atoms with E-state index in [0.29, 0.717) is 18.1 Å². The van der Waals surface area contributed by atoms with E-state index in [1.807, 2.05) is 0 Å². The molecule has 7 heteroatoms. The van der Waals surface area contributed by atoms with Gasteiger partial charge in [0, 0.05) is 23.8 Å². The standard InChI is InChI=1S/C17H19N5OS/c1-10(23)8-20-16-14-11-4-2-3-5-13(11)24-17(14)22-15(21-16)12-9-18-6-7-19-12/h6-7,9-10,23H,2-5,8H2,1H3,(H,20,21,22)/t10-/m1/s1. The van der Waals surface area contributed by atoms with Crippen LogP contribution in [0.3, 0.4) is 0 Å². The van der Waals surface area contributed by atoms with Crippen molar-refractivity contribution >= 4 is 27.4 Å². The molecule has 3 aromatic rings. The molecule has 1 atom stereocenters. The van der Waals surface area contributed by atoms with Crippen molar-refractivity contribution in [3.63, 3.8) is 0 Å². The van der Waals surface area contributed by atoms with Crippen molar-refractivity contribution in [3.8, 4) is 11.5 Å². The molecule has 0 saturated heterocycles. The number of thiophene rings is 1. The maximum absolute atomic E-state index is 9.64. The van der Waals surface area contributed by atoms with Crippen molar-refractivity contribution in [2.24, 2.45) is 0 Å². The van der Waals surface area contributed by atoms with Crippen LogP contribution in [0.2, 0.25) is 0 Å². The number of aliphatic hydroxyl groups excluding tert-OH is 1. The second kappa shape index (κ2) is 6.41. The number of nitrogens with zero attached hydrogens (tertiary/aromatic N) is 4. The van der Waals surface area contributed by atoms with Crippen LogP contribution >= 0.6 is 11.3 Å². The summed E-state index contributed by atoms with van der Waals surface area (Å²) >= 11 is 1.76. The number of hydrogen-bond donors (Lipinski definition) is 2. The molecular weight excluding hydrogens is 322 g/mol. The Morgan fingerprint density at radius 3 is 2.92 bits per heavy atom. The topological polar surface area (TPSA) is 83.8 Å². The lowest BCUT2D eigenvalue weighted by atomic mass is 9.97. The molecular formula is C17H19N5OS. The Hall–Kier alpha value is -2.12. The normalized spacial score (nSPS) is 15.2. The van der Waals surface area contributed by atoms with Crippen LogP contribution in [0.5, 0.6) is 0 Å². The van der Waals surface area contributed by atoms with Crippen molar-refractivity contribution in [3.05, 3.63) is 29.0 Å². The molecule has 0 radical (unpaired) electrons. The van der Waals surface area contributed by atoms with Gasteiger partial charge in [0.25, 0.3) is 0 Å². The van der Waals surface area contributed by atoms with Gasteiger partial charge >= 0.3 is 0 Å². The van der Waals surface area contributed by atoms with E-state index in [-0.39, 0.29) is 0 Å². The van der Waals surface area contributed by atoms with Gasteiger partial charge in [0.15, 0.2) is 5.82 Å². The molecule has 0 aromatic carbocycles. The number of aryl methyl sites for hydroxylation is 2. The first-order chi connectivity index (χ1) is 11.7. The highest BCUT2D eigenvalue weighted by atomic mass is 32.1. The average Bonchev–Trinajstić information content (AvgIpc) is 2.99. The maximum Gasteiger partial charge on any atom is 0.183 e. The fourth-order valence-electron chi connectivity index (χ4n) is 3.06. The van der Waals surface area contributed by atoms with Crippen LogP contribution < -0.4 is 5.32 Å². The number of fused-ring (bicyclic) bond motifs is 3. The molecule has 4 rings (SSSR count). The number of nitrogens with one attached hydrogen (secondary N) is 1. The van der Waals surface area contributed by atoms with Crippen LogP contribution in [-0.4, -0.2) is 37.7 Å². The van der Waals surface area contributed by atoms with Gasteiger partial charge < -0.3 is 10.4 Å². The van der Waals surface area contributed by atoms with Gasteiger partial charge in [-0.3, -0.25) is 4.98 Å². The molecule has 6 nitrogen and oxygen atoms in total. The summed E-state index contributed by atoms with van der Waals surface area (Å²) in [5, 5.41) is 14.0. The first-order valence-corrected chi connectivity index (χ1v) is 9.04.